The van der Waals surface area contributed by atoms with Crippen molar-refractivity contribution >= 4 is 16.7 Å². The van der Waals surface area contributed by atoms with Gasteiger partial charge in [0.1, 0.15) is 17.1 Å². The summed E-state index contributed by atoms with van der Waals surface area (Å²) in [7, 11) is -0.981. The van der Waals surface area contributed by atoms with Crippen molar-refractivity contribution in [1.82, 2.24) is 5.32 Å². The summed E-state index contributed by atoms with van der Waals surface area (Å²) in [6.45, 7) is 1.97. The molecule has 1 aromatic carbocycles. The van der Waals surface area contributed by atoms with Gasteiger partial charge < -0.3 is 10.4 Å². The van der Waals surface area contributed by atoms with E-state index in [4.69, 9.17) is 0 Å². The number of halogens is 1. The fraction of sp³-hybridized carbons (Fsp3) is 0.364. The van der Waals surface area contributed by atoms with Crippen molar-refractivity contribution in [2.75, 3.05) is 18.1 Å². The Morgan fingerprint density at radius 1 is 1.53 bits per heavy atom. The molecular weight excluding hydrogens is 245 g/mol. The molecule has 0 bridgehead atoms. The molecule has 0 aromatic heterocycles. The van der Waals surface area contributed by atoms with Crippen LogP contribution >= 0.6 is 0 Å². The van der Waals surface area contributed by atoms with E-state index in [-0.39, 0.29) is 12.1 Å². The Morgan fingerprint density at radius 2 is 2.24 bits per heavy atom. The average Bonchev–Trinajstić information content (AvgIpc) is 2.28. The van der Waals surface area contributed by atoms with Crippen LogP contribution in [0.2, 0.25) is 0 Å². The summed E-state index contributed by atoms with van der Waals surface area (Å²) in [6, 6.07) is 3.65. The molecule has 2 N–H and O–H groups in total. The third-order valence-electron chi connectivity index (χ3n) is 2.16. The molecule has 0 spiro atoms. The first-order valence-corrected chi connectivity index (χ1v) is 6.65. The van der Waals surface area contributed by atoms with Gasteiger partial charge in [0.05, 0.1) is 0 Å². The lowest BCUT2D eigenvalue weighted by Gasteiger charge is -2.07. The SMILES string of the molecule is CCS(=O)CCNC(=O)c1c(O)cccc1F. The van der Waals surface area contributed by atoms with Crippen molar-refractivity contribution in [1.29, 1.82) is 0 Å². The van der Waals surface area contributed by atoms with Gasteiger partial charge in [-0.1, -0.05) is 13.0 Å². The van der Waals surface area contributed by atoms with E-state index in [2.05, 4.69) is 5.32 Å². The lowest BCUT2D eigenvalue weighted by Crippen LogP contribution is -2.28. The number of hydrogen-bond donors (Lipinski definition) is 2. The zero-order chi connectivity index (χ0) is 12.8. The monoisotopic (exact) mass is 259 g/mol. The Hall–Kier alpha value is -1.43. The maximum absolute atomic E-state index is 13.3. The lowest BCUT2D eigenvalue weighted by molar-refractivity contribution is 0.0949. The summed E-state index contributed by atoms with van der Waals surface area (Å²) in [4.78, 5) is 11.5. The quantitative estimate of drug-likeness (QED) is 0.830. The predicted octanol–water partition coefficient (Wildman–Crippen LogP) is 1.03. The van der Waals surface area contributed by atoms with Crippen LogP contribution in [-0.2, 0) is 10.8 Å². The van der Waals surface area contributed by atoms with Crippen molar-refractivity contribution in [2.24, 2.45) is 0 Å². The molecule has 0 aliphatic rings. The first-order valence-electron chi connectivity index (χ1n) is 5.17. The van der Waals surface area contributed by atoms with Crippen LogP contribution in [-0.4, -0.2) is 33.3 Å². The number of amides is 1. The number of benzene rings is 1. The van der Waals surface area contributed by atoms with Crippen molar-refractivity contribution in [3.8, 4) is 5.75 Å². The molecule has 1 atom stereocenters. The van der Waals surface area contributed by atoms with E-state index in [0.717, 1.165) is 6.07 Å². The van der Waals surface area contributed by atoms with Crippen LogP contribution in [0, 0.1) is 5.82 Å². The fourth-order valence-corrected chi connectivity index (χ4v) is 1.87. The summed E-state index contributed by atoms with van der Waals surface area (Å²) in [5.74, 6) is -1.05. The summed E-state index contributed by atoms with van der Waals surface area (Å²) in [6.07, 6.45) is 0. The standard InChI is InChI=1S/C11H14FNO3S/c1-2-17(16)7-6-13-11(15)10-8(12)4-3-5-9(10)14/h3-5,14H,2,6-7H2,1H3,(H,13,15). The van der Waals surface area contributed by atoms with Gasteiger partial charge in [-0.3, -0.25) is 9.00 Å². The maximum Gasteiger partial charge on any atom is 0.258 e. The Labute approximate surface area is 101 Å². The van der Waals surface area contributed by atoms with E-state index in [1.54, 1.807) is 6.92 Å². The van der Waals surface area contributed by atoms with Gasteiger partial charge in [0.15, 0.2) is 0 Å². The molecule has 1 rings (SSSR count). The minimum absolute atomic E-state index is 0.188. The van der Waals surface area contributed by atoms with Crippen LogP contribution in [0.25, 0.3) is 0 Å². The highest BCUT2D eigenvalue weighted by atomic mass is 32.2. The summed E-state index contributed by atoms with van der Waals surface area (Å²) in [5, 5.41) is 11.8. The van der Waals surface area contributed by atoms with E-state index in [1.165, 1.54) is 12.1 Å². The highest BCUT2D eigenvalue weighted by Gasteiger charge is 2.15. The predicted molar refractivity (Wildman–Crippen MR) is 63.9 cm³/mol. The second kappa shape index (κ2) is 6.34. The van der Waals surface area contributed by atoms with Gasteiger partial charge >= 0.3 is 0 Å². The normalized spacial score (nSPS) is 12.1. The van der Waals surface area contributed by atoms with E-state index in [0.29, 0.717) is 11.5 Å². The molecule has 1 aromatic rings. The van der Waals surface area contributed by atoms with Crippen LogP contribution in [0.5, 0.6) is 5.75 Å². The summed E-state index contributed by atoms with van der Waals surface area (Å²) < 4.78 is 24.4. The van der Waals surface area contributed by atoms with Gasteiger partial charge in [-0.15, -0.1) is 0 Å². The number of carbonyl (C=O) groups excluding carboxylic acids is 1. The molecular formula is C11H14FNO3S. The molecule has 0 saturated carbocycles. The molecule has 0 radical (unpaired) electrons. The summed E-state index contributed by atoms with van der Waals surface area (Å²) >= 11 is 0. The molecule has 4 nitrogen and oxygen atoms in total. The number of nitrogens with one attached hydrogen (secondary N) is 1. The minimum atomic E-state index is -0.981. The zero-order valence-corrected chi connectivity index (χ0v) is 10.2. The highest BCUT2D eigenvalue weighted by molar-refractivity contribution is 7.84. The summed E-state index contributed by atoms with van der Waals surface area (Å²) in [5.41, 5.74) is -0.380. The van der Waals surface area contributed by atoms with Crippen molar-refractivity contribution in [3.63, 3.8) is 0 Å². The third-order valence-corrected chi connectivity index (χ3v) is 3.46. The topological polar surface area (TPSA) is 66.4 Å². The largest absolute Gasteiger partial charge is 0.507 e. The number of phenolic OH excluding ortho intramolecular Hbond substituents is 1. The van der Waals surface area contributed by atoms with Crippen LogP contribution in [0.15, 0.2) is 18.2 Å². The second-order valence-corrected chi connectivity index (χ2v) is 5.19. The molecule has 0 heterocycles. The molecule has 1 unspecified atom stereocenters. The number of rotatable bonds is 5. The number of hydrogen-bond acceptors (Lipinski definition) is 3. The van der Waals surface area contributed by atoms with Gasteiger partial charge in [-0.05, 0) is 12.1 Å². The van der Waals surface area contributed by atoms with Crippen LogP contribution in [0.1, 0.15) is 17.3 Å². The molecule has 6 heteroatoms. The van der Waals surface area contributed by atoms with Crippen LogP contribution in [0.4, 0.5) is 4.39 Å². The fourth-order valence-electron chi connectivity index (χ4n) is 1.25. The zero-order valence-electron chi connectivity index (χ0n) is 9.40. The van der Waals surface area contributed by atoms with E-state index in [9.17, 15) is 18.5 Å². The molecule has 17 heavy (non-hydrogen) atoms. The van der Waals surface area contributed by atoms with Crippen LogP contribution < -0.4 is 5.32 Å². The maximum atomic E-state index is 13.3. The van der Waals surface area contributed by atoms with E-state index in [1.807, 2.05) is 0 Å². The lowest BCUT2D eigenvalue weighted by atomic mass is 10.2. The second-order valence-electron chi connectivity index (χ2n) is 3.32. The van der Waals surface area contributed by atoms with Crippen molar-refractivity contribution in [2.45, 2.75) is 6.92 Å². The van der Waals surface area contributed by atoms with Gasteiger partial charge in [-0.2, -0.15) is 0 Å². The van der Waals surface area contributed by atoms with Gasteiger partial charge in [0.25, 0.3) is 5.91 Å². The Bertz CT molecular complexity index is 416. The number of phenols is 1. The first kappa shape index (κ1) is 13.6. The molecule has 0 aliphatic carbocycles. The van der Waals surface area contributed by atoms with Gasteiger partial charge in [0.2, 0.25) is 0 Å². The Balaban J connectivity index is 2.61. The number of carbonyl (C=O) groups is 1. The molecule has 0 fully saturated rings. The van der Waals surface area contributed by atoms with Crippen LogP contribution in [0.3, 0.4) is 0 Å². The van der Waals surface area contributed by atoms with Crippen molar-refractivity contribution < 1.29 is 18.5 Å². The smallest absolute Gasteiger partial charge is 0.258 e. The minimum Gasteiger partial charge on any atom is -0.507 e. The van der Waals surface area contributed by atoms with E-state index >= 15 is 0 Å². The first-order chi connectivity index (χ1) is 8.06. The molecule has 0 aliphatic heterocycles. The Kier molecular flexibility index (Phi) is 5.09. The van der Waals surface area contributed by atoms with Gasteiger partial charge in [0, 0.05) is 28.9 Å². The highest BCUT2D eigenvalue weighted by Crippen LogP contribution is 2.19. The number of aromatic hydroxyl groups is 1. The van der Waals surface area contributed by atoms with E-state index < -0.39 is 28.3 Å². The van der Waals surface area contributed by atoms with Gasteiger partial charge in [-0.25, -0.2) is 4.39 Å². The average molecular weight is 259 g/mol. The van der Waals surface area contributed by atoms with Crippen molar-refractivity contribution in [3.05, 3.63) is 29.6 Å². The Morgan fingerprint density at radius 3 is 2.82 bits per heavy atom. The molecule has 0 saturated heterocycles. The third kappa shape index (κ3) is 3.81. The molecule has 1 amide bonds. The molecule has 94 valence electrons.